The Morgan fingerprint density at radius 3 is 2.30 bits per heavy atom. The number of ether oxygens (including phenoxy) is 1. The van der Waals surface area contributed by atoms with E-state index in [0.29, 0.717) is 30.8 Å². The van der Waals surface area contributed by atoms with Crippen LogP contribution in [-0.4, -0.2) is 79.2 Å². The number of aliphatic hydroxyl groups excluding tert-OH is 1. The quantitative estimate of drug-likeness (QED) is 0.647. The number of nitrogens with zero attached hydrogens (tertiary/aromatic N) is 3. The summed E-state index contributed by atoms with van der Waals surface area (Å²) in [5, 5.41) is 9.33. The van der Waals surface area contributed by atoms with Crippen molar-refractivity contribution in [2.24, 2.45) is 5.92 Å². The summed E-state index contributed by atoms with van der Waals surface area (Å²) in [5.74, 6) is 0.0240. The van der Waals surface area contributed by atoms with Crippen molar-refractivity contribution in [2.75, 3.05) is 50.8 Å². The third-order valence-electron chi connectivity index (χ3n) is 5.99. The van der Waals surface area contributed by atoms with Gasteiger partial charge in [0.25, 0.3) is 0 Å². The summed E-state index contributed by atoms with van der Waals surface area (Å²) >= 11 is 0. The van der Waals surface area contributed by atoms with E-state index in [1.54, 1.807) is 6.07 Å². The van der Waals surface area contributed by atoms with Crippen LogP contribution in [0.2, 0.25) is 0 Å². The molecule has 1 aromatic rings. The minimum atomic E-state index is -4.65. The van der Waals surface area contributed by atoms with Crippen LogP contribution in [-0.2, 0) is 17.5 Å². The molecular weight excluding hydrogens is 456 g/mol. The molecule has 2 aliphatic heterocycles. The number of amides is 1. The van der Waals surface area contributed by atoms with Gasteiger partial charge in [-0.25, -0.2) is 4.79 Å². The minimum absolute atomic E-state index is 0.0171. The fourth-order valence-electron chi connectivity index (χ4n) is 3.97. The van der Waals surface area contributed by atoms with Crippen molar-refractivity contribution >= 4 is 11.8 Å². The van der Waals surface area contributed by atoms with Crippen LogP contribution >= 0.6 is 0 Å². The molecule has 0 radical (unpaired) electrons. The van der Waals surface area contributed by atoms with Crippen molar-refractivity contribution < 1.29 is 41.0 Å². The number of rotatable bonds is 5. The SMILES string of the molecule is CC(OC(=O)N1CCN(Cc2cc(N3CCC(CO)C3)cc(C(F)(F)F)c2)CC1)C(F)(F)F. The molecule has 2 aliphatic rings. The summed E-state index contributed by atoms with van der Waals surface area (Å²) in [4.78, 5) is 16.8. The Bertz CT molecular complexity index is 824. The highest BCUT2D eigenvalue weighted by atomic mass is 19.4. The highest BCUT2D eigenvalue weighted by Gasteiger charge is 2.40. The van der Waals surface area contributed by atoms with Crippen LogP contribution in [0.1, 0.15) is 24.5 Å². The molecule has 0 bridgehead atoms. The summed E-state index contributed by atoms with van der Waals surface area (Å²) in [6, 6.07) is 3.90. The Morgan fingerprint density at radius 2 is 1.76 bits per heavy atom. The van der Waals surface area contributed by atoms with E-state index in [-0.39, 0.29) is 45.2 Å². The van der Waals surface area contributed by atoms with Gasteiger partial charge in [-0.3, -0.25) is 4.90 Å². The highest BCUT2D eigenvalue weighted by Crippen LogP contribution is 2.35. The second kappa shape index (κ2) is 9.96. The number of carbonyl (C=O) groups excluding carboxylic acids is 1. The van der Waals surface area contributed by atoms with Crippen molar-refractivity contribution in [2.45, 2.75) is 38.3 Å². The van der Waals surface area contributed by atoms with E-state index >= 15 is 0 Å². The Kier molecular flexibility index (Phi) is 7.67. The fourth-order valence-corrected chi connectivity index (χ4v) is 3.97. The number of hydrogen-bond donors (Lipinski definition) is 1. The molecule has 2 heterocycles. The number of hydrogen-bond acceptors (Lipinski definition) is 5. The average molecular weight is 483 g/mol. The third kappa shape index (κ3) is 6.66. The first-order valence-electron chi connectivity index (χ1n) is 10.7. The molecular formula is C21H27F6N3O3. The Balaban J connectivity index is 1.64. The minimum Gasteiger partial charge on any atom is -0.437 e. The maximum absolute atomic E-state index is 13.5. The number of aliphatic hydroxyl groups is 1. The van der Waals surface area contributed by atoms with E-state index in [0.717, 1.165) is 24.0 Å². The van der Waals surface area contributed by atoms with Crippen molar-refractivity contribution in [3.05, 3.63) is 29.3 Å². The standard InChI is InChI=1S/C21H27F6N3O3/c1-14(20(22,23)24)33-19(32)29-6-4-28(5-7-29)11-16-8-17(21(25,26)27)10-18(9-16)30-3-2-15(12-30)13-31/h8-10,14-15,31H,2-7,11-13H2,1H3. The molecule has 33 heavy (non-hydrogen) atoms. The molecule has 0 saturated carbocycles. The first-order chi connectivity index (χ1) is 15.4. The van der Waals surface area contributed by atoms with E-state index < -0.39 is 30.1 Å². The predicted octanol–water partition coefficient (Wildman–Crippen LogP) is 3.73. The first kappa shape index (κ1) is 25.4. The van der Waals surface area contributed by atoms with Gasteiger partial charge >= 0.3 is 18.4 Å². The fraction of sp³-hybridized carbons (Fsp3) is 0.667. The molecule has 186 valence electrons. The average Bonchev–Trinajstić information content (AvgIpc) is 3.22. The predicted molar refractivity (Wildman–Crippen MR) is 108 cm³/mol. The molecule has 12 heteroatoms. The third-order valence-corrected chi connectivity index (χ3v) is 5.99. The maximum atomic E-state index is 13.5. The van der Waals surface area contributed by atoms with Gasteiger partial charge in [-0.1, -0.05) is 0 Å². The van der Waals surface area contributed by atoms with Crippen molar-refractivity contribution in [3.8, 4) is 0 Å². The molecule has 0 aliphatic carbocycles. The second-order valence-corrected chi connectivity index (χ2v) is 8.50. The normalized spacial score (nSPS) is 21.4. The number of benzene rings is 1. The first-order valence-corrected chi connectivity index (χ1v) is 10.7. The van der Waals surface area contributed by atoms with Crippen molar-refractivity contribution in [1.29, 1.82) is 0 Å². The van der Waals surface area contributed by atoms with E-state index in [9.17, 15) is 36.2 Å². The molecule has 2 saturated heterocycles. The molecule has 2 atom stereocenters. The summed E-state index contributed by atoms with van der Waals surface area (Å²) in [7, 11) is 0. The van der Waals surface area contributed by atoms with Crippen LogP contribution in [0.4, 0.5) is 36.8 Å². The van der Waals surface area contributed by atoms with Crippen LogP contribution in [0.3, 0.4) is 0 Å². The zero-order chi connectivity index (χ0) is 24.4. The smallest absolute Gasteiger partial charge is 0.425 e. The monoisotopic (exact) mass is 483 g/mol. The van der Waals surface area contributed by atoms with Gasteiger partial charge in [0.15, 0.2) is 6.10 Å². The number of piperazine rings is 1. The van der Waals surface area contributed by atoms with Gasteiger partial charge in [-0.2, -0.15) is 26.3 Å². The zero-order valence-corrected chi connectivity index (χ0v) is 18.1. The van der Waals surface area contributed by atoms with E-state index in [4.69, 9.17) is 0 Å². The Hall–Kier alpha value is -2.21. The zero-order valence-electron chi connectivity index (χ0n) is 18.1. The van der Waals surface area contributed by atoms with E-state index in [1.165, 1.54) is 0 Å². The summed E-state index contributed by atoms with van der Waals surface area (Å²) < 4.78 is 82.6. The van der Waals surface area contributed by atoms with Crippen LogP contribution < -0.4 is 4.90 Å². The Morgan fingerprint density at radius 1 is 1.09 bits per heavy atom. The second-order valence-electron chi connectivity index (χ2n) is 8.50. The Labute approximate surface area is 187 Å². The highest BCUT2D eigenvalue weighted by molar-refractivity contribution is 5.68. The van der Waals surface area contributed by atoms with Crippen LogP contribution in [0.5, 0.6) is 0 Å². The van der Waals surface area contributed by atoms with Gasteiger partial charge in [-0.15, -0.1) is 0 Å². The van der Waals surface area contributed by atoms with Crippen LogP contribution in [0.25, 0.3) is 0 Å². The molecule has 0 spiro atoms. The molecule has 2 unspecified atom stereocenters. The van der Waals surface area contributed by atoms with Gasteiger partial charge in [-0.05, 0) is 37.1 Å². The lowest BCUT2D eigenvalue weighted by Crippen LogP contribution is -2.49. The molecule has 1 aromatic carbocycles. The van der Waals surface area contributed by atoms with Gasteiger partial charge in [0.1, 0.15) is 0 Å². The molecule has 6 nitrogen and oxygen atoms in total. The van der Waals surface area contributed by atoms with Gasteiger partial charge in [0.05, 0.1) is 5.56 Å². The van der Waals surface area contributed by atoms with E-state index in [1.807, 2.05) is 9.80 Å². The number of halogens is 6. The number of alkyl halides is 6. The summed E-state index contributed by atoms with van der Waals surface area (Å²) in [6.07, 6.45) is -11.7. The lowest BCUT2D eigenvalue weighted by atomic mass is 10.1. The van der Waals surface area contributed by atoms with Crippen LogP contribution in [0.15, 0.2) is 18.2 Å². The van der Waals surface area contributed by atoms with Crippen LogP contribution in [0, 0.1) is 5.92 Å². The largest absolute Gasteiger partial charge is 0.437 e. The van der Waals surface area contributed by atoms with Gasteiger partial charge in [0.2, 0.25) is 0 Å². The number of carbonyl (C=O) groups is 1. The van der Waals surface area contributed by atoms with Crippen molar-refractivity contribution in [1.82, 2.24) is 9.80 Å². The molecule has 0 aromatic heterocycles. The lowest BCUT2D eigenvalue weighted by molar-refractivity contribution is -0.200. The molecule has 3 rings (SSSR count). The van der Waals surface area contributed by atoms with Crippen molar-refractivity contribution in [3.63, 3.8) is 0 Å². The molecule has 1 amide bonds. The summed E-state index contributed by atoms with van der Waals surface area (Å²) in [5.41, 5.74) is 0.138. The topological polar surface area (TPSA) is 56.2 Å². The van der Waals surface area contributed by atoms with E-state index in [2.05, 4.69) is 4.74 Å². The van der Waals surface area contributed by atoms with Gasteiger partial charge < -0.3 is 19.6 Å². The van der Waals surface area contributed by atoms with Gasteiger partial charge in [0, 0.05) is 64.0 Å². The maximum Gasteiger partial charge on any atom is 0.425 e. The molecule has 2 fully saturated rings. The number of anilines is 1. The lowest BCUT2D eigenvalue weighted by Gasteiger charge is -2.35. The molecule has 1 N–H and O–H groups in total. The summed E-state index contributed by atoms with van der Waals surface area (Å²) in [6.45, 7) is 2.78.